The van der Waals surface area contributed by atoms with E-state index in [1.165, 1.54) is 0 Å². The van der Waals surface area contributed by atoms with Crippen molar-refractivity contribution in [2.24, 2.45) is 5.92 Å². The maximum atomic E-state index is 11.0. The molecule has 7 nitrogen and oxygen atoms in total. The number of carbonyl (C=O) groups excluding carboxylic acids is 1. The quantitative estimate of drug-likeness (QED) is 0.189. The van der Waals surface area contributed by atoms with E-state index in [0.29, 0.717) is 0 Å². The Kier molecular flexibility index (Phi) is 6.02. The van der Waals surface area contributed by atoms with Gasteiger partial charge in [0.2, 0.25) is 0 Å². The molecule has 0 fully saturated rings. The Morgan fingerprint density at radius 1 is 1.60 bits per heavy atom. The van der Waals surface area contributed by atoms with Crippen molar-refractivity contribution in [3.8, 4) is 0 Å². The van der Waals surface area contributed by atoms with Gasteiger partial charge < -0.3 is 10.1 Å². The van der Waals surface area contributed by atoms with Gasteiger partial charge in [0.25, 0.3) is 0 Å². The van der Waals surface area contributed by atoms with Crippen molar-refractivity contribution in [3.63, 3.8) is 0 Å². The van der Waals surface area contributed by atoms with E-state index < -0.39 is 16.9 Å². The second-order valence-corrected chi connectivity index (χ2v) is 3.05. The van der Waals surface area contributed by atoms with E-state index in [0.717, 1.165) is 13.3 Å². The number of hydrogen-bond acceptors (Lipinski definition) is 6. The highest BCUT2D eigenvalue weighted by Gasteiger charge is 2.22. The average molecular weight is 221 g/mol. The van der Waals surface area contributed by atoms with E-state index in [9.17, 15) is 4.79 Å². The minimum Gasteiger partial charge on any atom is -0.465 e. The first-order valence-corrected chi connectivity index (χ1v) is 4.49. The van der Waals surface area contributed by atoms with E-state index in [4.69, 9.17) is 20.6 Å². The zero-order valence-electron chi connectivity index (χ0n) is 8.84. The van der Waals surface area contributed by atoms with Crippen LogP contribution >= 0.6 is 0 Å². The Balaban J connectivity index is 3.63. The van der Waals surface area contributed by atoms with Gasteiger partial charge in [0.15, 0.2) is 6.54 Å². The van der Waals surface area contributed by atoms with Gasteiger partial charge in [-0.1, -0.05) is 0 Å². The van der Waals surface area contributed by atoms with Gasteiger partial charge in [0.05, 0.1) is 17.5 Å². The van der Waals surface area contributed by atoms with Crippen LogP contribution in [-0.2, 0) is 14.4 Å². The molecule has 0 heterocycles. The average Bonchev–Trinajstić information content (AvgIpc) is 2.22. The Labute approximate surface area is 87.8 Å². The smallest absolute Gasteiger partial charge is 0.314 e. The number of ether oxygens (including phenoxy) is 1. The molecule has 0 aromatic carbocycles. The normalized spacial score (nSPS) is 13.3. The van der Waals surface area contributed by atoms with E-state index in [-0.39, 0.29) is 19.6 Å². The van der Waals surface area contributed by atoms with E-state index >= 15 is 0 Å². The summed E-state index contributed by atoms with van der Waals surface area (Å²) in [5.41, 5.74) is 0. The molecule has 0 amide bonds. The molecule has 0 aromatic heterocycles. The topological polar surface area (TPSA) is 99.8 Å². The predicted molar refractivity (Wildman–Crippen MR) is 49.2 cm³/mol. The number of rotatable bonds is 7. The van der Waals surface area contributed by atoms with Crippen molar-refractivity contribution in [1.82, 2.24) is 0 Å². The molecule has 0 rings (SSSR count). The molecule has 0 aliphatic heterocycles. The zero-order valence-corrected chi connectivity index (χ0v) is 8.84. The van der Waals surface area contributed by atoms with Crippen LogP contribution in [-0.4, -0.2) is 47.8 Å². The van der Waals surface area contributed by atoms with Gasteiger partial charge in [-0.05, 0) is 6.92 Å². The van der Waals surface area contributed by atoms with Crippen LogP contribution in [0.2, 0.25) is 0 Å². The third-order valence-electron chi connectivity index (χ3n) is 1.75. The van der Waals surface area contributed by atoms with Gasteiger partial charge in [-0.15, -0.1) is 15.3 Å². The number of quaternary nitrogens is 1. The molecule has 0 bridgehead atoms. The summed E-state index contributed by atoms with van der Waals surface area (Å²) in [4.78, 5) is 13.8. The zero-order chi connectivity index (χ0) is 11.9. The Morgan fingerprint density at radius 2 is 2.20 bits per heavy atom. The monoisotopic (exact) mass is 221 g/mol. The second kappa shape index (κ2) is 6.46. The molecular formula is C8H17N2O5+. The van der Waals surface area contributed by atoms with Crippen LogP contribution < -0.4 is 0 Å². The third kappa shape index (κ3) is 6.13. The van der Waals surface area contributed by atoms with Crippen molar-refractivity contribution in [1.29, 1.82) is 5.41 Å². The standard InChI is InChI=1S/C8H17N2O5/c1-7(6-9)8(11)15-5-3-4-10(12,13)14-2/h6-7,9,12-13H,3-5H2,1-2H3/q+1. The number of hydrogen-bond donors (Lipinski definition) is 3. The Bertz CT molecular complexity index is 219. The summed E-state index contributed by atoms with van der Waals surface area (Å²) in [7, 11) is 1.14. The fourth-order valence-corrected chi connectivity index (χ4v) is 0.734. The van der Waals surface area contributed by atoms with Crippen molar-refractivity contribution in [2.75, 3.05) is 20.3 Å². The molecule has 0 radical (unpaired) electrons. The molecule has 0 aliphatic rings. The van der Waals surface area contributed by atoms with Crippen LogP contribution in [0.5, 0.6) is 0 Å². The molecule has 0 aliphatic carbocycles. The highest BCUT2D eigenvalue weighted by atomic mass is 17.1. The number of nitrogens with zero attached hydrogens (tertiary/aromatic N) is 1. The minimum atomic E-state index is -1.56. The second-order valence-electron chi connectivity index (χ2n) is 3.05. The van der Waals surface area contributed by atoms with Crippen LogP contribution in [0.1, 0.15) is 13.3 Å². The first-order valence-electron chi connectivity index (χ1n) is 4.49. The van der Waals surface area contributed by atoms with Gasteiger partial charge in [-0.25, -0.2) is 0 Å². The molecule has 7 heteroatoms. The molecule has 0 aromatic rings. The highest BCUT2D eigenvalue weighted by Crippen LogP contribution is 2.00. The SMILES string of the molecule is CO[N+](O)(O)CCCOC(=O)C(C)C=N. The summed E-state index contributed by atoms with van der Waals surface area (Å²) < 4.78 is 4.76. The number of esters is 1. The molecule has 0 saturated heterocycles. The lowest BCUT2D eigenvalue weighted by Crippen LogP contribution is -2.41. The van der Waals surface area contributed by atoms with Crippen LogP contribution in [0, 0.1) is 11.3 Å². The largest absolute Gasteiger partial charge is 0.465 e. The first kappa shape index (κ1) is 14.0. The lowest BCUT2D eigenvalue weighted by atomic mass is 10.2. The molecule has 1 atom stereocenters. The molecule has 1 unspecified atom stereocenters. The van der Waals surface area contributed by atoms with Gasteiger partial charge >= 0.3 is 5.97 Å². The van der Waals surface area contributed by atoms with Gasteiger partial charge in [-0.3, -0.25) is 4.79 Å². The molecule has 3 N–H and O–H groups in total. The lowest BCUT2D eigenvalue weighted by molar-refractivity contribution is -1.36. The summed E-state index contributed by atoms with van der Waals surface area (Å²) in [5, 5.41) is 24.7. The molecular weight excluding hydrogens is 204 g/mol. The molecule has 0 spiro atoms. The van der Waals surface area contributed by atoms with E-state index in [1.54, 1.807) is 6.92 Å². The predicted octanol–water partition coefficient (Wildman–Crippen LogP) is 0.362. The van der Waals surface area contributed by atoms with E-state index in [1.807, 2.05) is 0 Å². The van der Waals surface area contributed by atoms with E-state index in [2.05, 4.69) is 4.84 Å². The summed E-state index contributed by atoms with van der Waals surface area (Å²) >= 11 is 0. The summed E-state index contributed by atoms with van der Waals surface area (Å²) in [6, 6.07) is 0. The van der Waals surface area contributed by atoms with Gasteiger partial charge in [-0.2, -0.15) is 0 Å². The summed E-state index contributed by atoms with van der Waals surface area (Å²) in [6.45, 7) is 1.49. The van der Waals surface area contributed by atoms with Crippen molar-refractivity contribution >= 4 is 12.2 Å². The Morgan fingerprint density at radius 3 is 2.67 bits per heavy atom. The maximum Gasteiger partial charge on any atom is 0.314 e. The van der Waals surface area contributed by atoms with Crippen LogP contribution in [0.4, 0.5) is 0 Å². The van der Waals surface area contributed by atoms with Crippen LogP contribution in [0.3, 0.4) is 0 Å². The maximum absolute atomic E-state index is 11.0. The van der Waals surface area contributed by atoms with Crippen molar-refractivity contribution in [3.05, 3.63) is 0 Å². The molecule has 88 valence electrons. The summed E-state index contributed by atoms with van der Waals surface area (Å²) in [5.74, 6) is -1.08. The third-order valence-corrected chi connectivity index (χ3v) is 1.75. The van der Waals surface area contributed by atoms with Crippen molar-refractivity contribution in [2.45, 2.75) is 13.3 Å². The number of hydroxylamine groups is 3. The lowest BCUT2D eigenvalue weighted by Gasteiger charge is -2.16. The van der Waals surface area contributed by atoms with Gasteiger partial charge in [0, 0.05) is 12.6 Å². The molecule has 0 saturated carbocycles. The fourth-order valence-electron chi connectivity index (χ4n) is 0.734. The Hall–Kier alpha value is -1.02. The van der Waals surface area contributed by atoms with Gasteiger partial charge in [0.1, 0.15) is 7.11 Å². The minimum absolute atomic E-state index is 0.0570. The van der Waals surface area contributed by atoms with Crippen molar-refractivity contribution < 1.29 is 29.8 Å². The highest BCUT2D eigenvalue weighted by molar-refractivity contribution is 5.88. The number of carbonyl (C=O) groups is 1. The van der Waals surface area contributed by atoms with Crippen LogP contribution in [0.15, 0.2) is 0 Å². The first-order chi connectivity index (χ1) is 6.93. The summed E-state index contributed by atoms with van der Waals surface area (Å²) in [6.07, 6.45) is 1.23. The molecule has 15 heavy (non-hydrogen) atoms. The number of nitrogens with one attached hydrogen (secondary N) is 1. The van der Waals surface area contributed by atoms with Crippen LogP contribution in [0.25, 0.3) is 0 Å². The fraction of sp³-hybridized carbons (Fsp3) is 0.750.